The summed E-state index contributed by atoms with van der Waals surface area (Å²) in [7, 11) is 3.63. The molecule has 0 bridgehead atoms. The molecule has 13 heteroatoms. The van der Waals surface area contributed by atoms with Gasteiger partial charge in [0.25, 0.3) is 5.91 Å². The van der Waals surface area contributed by atoms with E-state index in [4.69, 9.17) is 10.1 Å². The van der Waals surface area contributed by atoms with Crippen molar-refractivity contribution in [3.63, 3.8) is 0 Å². The second-order valence-corrected chi connectivity index (χ2v) is 9.26. The van der Waals surface area contributed by atoms with Crippen LogP contribution in [0.4, 0.5) is 18.9 Å². The third kappa shape index (κ3) is 7.49. The minimum Gasteiger partial charge on any atom is -0.463 e. The second kappa shape index (κ2) is 13.1. The number of esters is 1. The first-order chi connectivity index (χ1) is 19.4. The average Bonchev–Trinajstić information content (AvgIpc) is 2.92. The summed E-state index contributed by atoms with van der Waals surface area (Å²) in [6, 6.07) is 11.8. The number of guanidine groups is 1. The van der Waals surface area contributed by atoms with Gasteiger partial charge in [-0.05, 0) is 63.8 Å². The van der Waals surface area contributed by atoms with E-state index in [0.717, 1.165) is 12.1 Å². The van der Waals surface area contributed by atoms with Gasteiger partial charge >= 0.3 is 12.1 Å². The number of nitriles is 1. The summed E-state index contributed by atoms with van der Waals surface area (Å²) in [5.74, 6) is -2.37. The predicted molar refractivity (Wildman–Crippen MR) is 147 cm³/mol. The summed E-state index contributed by atoms with van der Waals surface area (Å²) in [6.07, 6.45) is -4.65. The molecule has 3 rings (SSSR count). The van der Waals surface area contributed by atoms with Crippen LogP contribution >= 0.6 is 0 Å². The van der Waals surface area contributed by atoms with Gasteiger partial charge in [0.05, 0.1) is 35.4 Å². The molecule has 2 aromatic carbocycles. The summed E-state index contributed by atoms with van der Waals surface area (Å²) in [4.78, 5) is 33.0. The van der Waals surface area contributed by atoms with Crippen molar-refractivity contribution < 1.29 is 27.5 Å². The van der Waals surface area contributed by atoms with Crippen molar-refractivity contribution in [2.24, 2.45) is 4.99 Å². The number of amidine groups is 1. The number of amides is 1. The minimum absolute atomic E-state index is 0.00975. The highest BCUT2D eigenvalue weighted by atomic mass is 19.4. The number of nitrogens with one attached hydrogen (secondary N) is 3. The van der Waals surface area contributed by atoms with E-state index >= 15 is 0 Å². The molecule has 2 aromatic rings. The number of likely N-dealkylation sites (N-methyl/N-ethyl adjacent to an activating group) is 1. The van der Waals surface area contributed by atoms with Crippen molar-refractivity contribution in [3.8, 4) is 6.07 Å². The third-order valence-corrected chi connectivity index (χ3v) is 6.08. The van der Waals surface area contributed by atoms with Crippen LogP contribution in [0.25, 0.3) is 0 Å². The van der Waals surface area contributed by atoms with Crippen molar-refractivity contribution in [2.45, 2.75) is 26.1 Å². The third-order valence-electron chi connectivity index (χ3n) is 6.08. The van der Waals surface area contributed by atoms with Gasteiger partial charge in [-0.2, -0.15) is 23.4 Å². The van der Waals surface area contributed by atoms with Crippen molar-refractivity contribution in [1.29, 1.82) is 10.7 Å². The lowest BCUT2D eigenvalue weighted by Crippen LogP contribution is -2.50. The molecule has 41 heavy (non-hydrogen) atoms. The molecule has 10 nitrogen and oxygen atoms in total. The fourth-order valence-electron chi connectivity index (χ4n) is 4.08. The highest BCUT2D eigenvalue weighted by molar-refractivity contribution is 6.39. The zero-order valence-corrected chi connectivity index (χ0v) is 23.0. The van der Waals surface area contributed by atoms with E-state index < -0.39 is 35.5 Å². The maximum atomic E-state index is 13.6. The number of anilines is 1. The van der Waals surface area contributed by atoms with Crippen molar-refractivity contribution in [3.05, 3.63) is 76.5 Å². The average molecular weight is 570 g/mol. The highest BCUT2D eigenvalue weighted by Crippen LogP contribution is 2.37. The van der Waals surface area contributed by atoms with E-state index in [2.05, 4.69) is 15.6 Å². The number of hydrogen-bond donors (Lipinski definition) is 3. The van der Waals surface area contributed by atoms with Crippen LogP contribution in [0.2, 0.25) is 0 Å². The molecule has 1 atom stereocenters. The second-order valence-electron chi connectivity index (χ2n) is 9.26. The van der Waals surface area contributed by atoms with E-state index in [1.54, 1.807) is 31.2 Å². The molecule has 0 saturated heterocycles. The number of rotatable bonds is 7. The molecule has 1 unspecified atom stereocenters. The Bertz CT molecular complexity index is 1410. The Morgan fingerprint density at radius 2 is 1.90 bits per heavy atom. The molecule has 0 radical (unpaired) electrons. The molecule has 0 saturated carbocycles. The number of aliphatic imine (C=N–C) groups is 1. The monoisotopic (exact) mass is 569 g/mol. The fourth-order valence-corrected chi connectivity index (χ4v) is 4.08. The minimum atomic E-state index is -4.65. The smallest absolute Gasteiger partial charge is 0.416 e. The zero-order chi connectivity index (χ0) is 30.3. The Morgan fingerprint density at radius 1 is 1.22 bits per heavy atom. The Balaban J connectivity index is 2.20. The number of halogens is 3. The van der Waals surface area contributed by atoms with Crippen LogP contribution in [0, 0.1) is 16.7 Å². The summed E-state index contributed by atoms with van der Waals surface area (Å²) in [6.45, 7) is 3.92. The van der Waals surface area contributed by atoms with Crippen molar-refractivity contribution >= 4 is 29.4 Å². The van der Waals surface area contributed by atoms with Gasteiger partial charge in [0.2, 0.25) is 11.8 Å². The van der Waals surface area contributed by atoms with Crippen LogP contribution < -0.4 is 15.5 Å². The Hall–Kier alpha value is -4.70. The lowest BCUT2D eigenvalue weighted by atomic mass is 9.94. The van der Waals surface area contributed by atoms with Gasteiger partial charge in [-0.15, -0.1) is 0 Å². The molecular weight excluding hydrogens is 539 g/mol. The number of benzene rings is 2. The lowest BCUT2D eigenvalue weighted by Gasteiger charge is -2.38. The van der Waals surface area contributed by atoms with Crippen LogP contribution in [0.15, 0.2) is 64.8 Å². The zero-order valence-electron chi connectivity index (χ0n) is 23.0. The Kier molecular flexibility index (Phi) is 9.85. The number of nitrogens with zero attached hydrogens (tertiary/aromatic N) is 4. The van der Waals surface area contributed by atoms with E-state index in [1.807, 2.05) is 25.1 Å². The first kappa shape index (κ1) is 30.8. The standard InChI is InChI=1S/C28H30F3N7O3/c1-5-41-26(40)22-17(2)38(21-8-6-7-20(15-21)28(29,30)31)27(36-24(33)25(39)34-13-14-37(3)4)35-23(22)19-11-9-18(16-32)10-12-19/h6-12,15,23H,5,13-14H2,1-4H3,(H,34,39)(H2,33,35,36). The Labute approximate surface area is 235 Å². The van der Waals surface area contributed by atoms with Crippen LogP contribution in [0.3, 0.4) is 0 Å². The predicted octanol–water partition coefficient (Wildman–Crippen LogP) is 3.58. The molecule has 1 aliphatic rings. The van der Waals surface area contributed by atoms with Gasteiger partial charge in [0, 0.05) is 24.5 Å². The largest absolute Gasteiger partial charge is 0.463 e. The Morgan fingerprint density at radius 3 is 2.49 bits per heavy atom. The highest BCUT2D eigenvalue weighted by Gasteiger charge is 2.38. The van der Waals surface area contributed by atoms with Crippen LogP contribution in [-0.2, 0) is 20.5 Å². The maximum absolute atomic E-state index is 13.6. The summed E-state index contributed by atoms with van der Waals surface area (Å²) in [5, 5.41) is 23.1. The summed E-state index contributed by atoms with van der Waals surface area (Å²) in [5.41, 5.74) is 0.198. The van der Waals surface area contributed by atoms with E-state index in [0.29, 0.717) is 17.7 Å². The van der Waals surface area contributed by atoms with Gasteiger partial charge < -0.3 is 20.3 Å². The van der Waals surface area contributed by atoms with E-state index in [-0.39, 0.29) is 36.1 Å². The van der Waals surface area contributed by atoms with Crippen molar-refractivity contribution in [1.82, 2.24) is 15.5 Å². The van der Waals surface area contributed by atoms with Crippen molar-refractivity contribution in [2.75, 3.05) is 38.7 Å². The SMILES string of the molecule is CCOC(=O)C1=C(C)N(c2cccc(C(F)(F)F)c2)/C(=N/C(=N)C(=O)NCCN(C)C)NC1c1ccc(C#N)cc1. The number of carbonyl (C=O) groups is 2. The van der Waals surface area contributed by atoms with Crippen LogP contribution in [0.5, 0.6) is 0 Å². The fraction of sp³-hybridized carbons (Fsp3) is 0.321. The van der Waals surface area contributed by atoms with E-state index in [1.165, 1.54) is 24.0 Å². The lowest BCUT2D eigenvalue weighted by molar-refractivity contribution is -0.139. The van der Waals surface area contributed by atoms with Gasteiger partial charge in [-0.1, -0.05) is 18.2 Å². The number of alkyl halides is 3. The number of ether oxygens (including phenoxy) is 1. The molecular formula is C28H30F3N7O3. The maximum Gasteiger partial charge on any atom is 0.416 e. The number of carbonyl (C=O) groups excluding carboxylic acids is 2. The molecule has 0 aliphatic carbocycles. The molecule has 216 valence electrons. The molecule has 0 fully saturated rings. The van der Waals surface area contributed by atoms with Gasteiger partial charge in [0.1, 0.15) is 0 Å². The van der Waals surface area contributed by atoms with Gasteiger partial charge in [-0.25, -0.2) is 4.79 Å². The molecule has 0 spiro atoms. The number of allylic oxidation sites excluding steroid dienone is 1. The normalized spacial score (nSPS) is 16.3. The van der Waals surface area contributed by atoms with Gasteiger partial charge in [0.15, 0.2) is 0 Å². The first-order valence-corrected chi connectivity index (χ1v) is 12.6. The van der Waals surface area contributed by atoms with Crippen LogP contribution in [0.1, 0.15) is 36.6 Å². The van der Waals surface area contributed by atoms with Crippen LogP contribution in [-0.4, -0.2) is 62.4 Å². The summed E-state index contributed by atoms with van der Waals surface area (Å²) < 4.78 is 46.1. The molecule has 1 aliphatic heterocycles. The molecule has 1 amide bonds. The number of hydrogen-bond acceptors (Lipinski definition) is 6. The summed E-state index contributed by atoms with van der Waals surface area (Å²) >= 11 is 0. The molecule has 0 aromatic heterocycles. The first-order valence-electron chi connectivity index (χ1n) is 12.6. The topological polar surface area (TPSA) is 134 Å². The molecule has 1 heterocycles. The molecule has 3 N–H and O–H groups in total. The van der Waals surface area contributed by atoms with Gasteiger partial charge in [-0.3, -0.25) is 15.1 Å². The quantitative estimate of drug-likeness (QED) is 0.264. The van der Waals surface area contributed by atoms with E-state index in [9.17, 15) is 28.0 Å².